The van der Waals surface area contributed by atoms with Crippen molar-refractivity contribution in [1.29, 1.82) is 0 Å². The van der Waals surface area contributed by atoms with Gasteiger partial charge in [-0.3, -0.25) is 13.9 Å². The Hall–Kier alpha value is -3.07. The van der Waals surface area contributed by atoms with Crippen molar-refractivity contribution in [2.75, 3.05) is 31.3 Å². The summed E-state index contributed by atoms with van der Waals surface area (Å²) in [5.74, 6) is -0.169. The number of hydrogen-bond acceptors (Lipinski definition) is 5. The van der Waals surface area contributed by atoms with Gasteiger partial charge in [-0.2, -0.15) is 0 Å². The van der Waals surface area contributed by atoms with Gasteiger partial charge in [-0.15, -0.1) is 0 Å². The highest BCUT2D eigenvalue weighted by Gasteiger charge is 2.31. The summed E-state index contributed by atoms with van der Waals surface area (Å²) in [5, 5.41) is 2.61. The molecule has 2 amide bonds. The van der Waals surface area contributed by atoms with E-state index in [1.807, 2.05) is 25.1 Å². The summed E-state index contributed by atoms with van der Waals surface area (Å²) in [4.78, 5) is 27.6. The van der Waals surface area contributed by atoms with E-state index in [9.17, 15) is 18.0 Å². The zero-order chi connectivity index (χ0) is 26.4. The van der Waals surface area contributed by atoms with Crippen molar-refractivity contribution in [3.63, 3.8) is 0 Å². The second-order valence-electron chi connectivity index (χ2n) is 9.48. The van der Waals surface area contributed by atoms with Gasteiger partial charge < -0.3 is 15.0 Å². The number of amides is 2. The SMILES string of the molecule is CCC(C(=O)NC)N(Cc1cccc(OC)c1)C(=O)CN(c1ccc(C(C)(C)C)cc1)S(C)(=O)=O. The Kier molecular flexibility index (Phi) is 9.31. The van der Waals surface area contributed by atoms with Crippen LogP contribution in [0.15, 0.2) is 48.5 Å². The summed E-state index contributed by atoms with van der Waals surface area (Å²) in [6.07, 6.45) is 1.44. The highest BCUT2D eigenvalue weighted by molar-refractivity contribution is 7.92. The first-order valence-electron chi connectivity index (χ1n) is 11.5. The van der Waals surface area contributed by atoms with Gasteiger partial charge in [0.15, 0.2) is 0 Å². The zero-order valence-electron chi connectivity index (χ0n) is 21.7. The maximum Gasteiger partial charge on any atom is 0.244 e. The number of methoxy groups -OCH3 is 1. The largest absolute Gasteiger partial charge is 0.497 e. The van der Waals surface area contributed by atoms with Gasteiger partial charge in [-0.25, -0.2) is 8.42 Å². The van der Waals surface area contributed by atoms with Crippen molar-refractivity contribution < 1.29 is 22.7 Å². The van der Waals surface area contributed by atoms with E-state index in [1.54, 1.807) is 37.4 Å². The lowest BCUT2D eigenvalue weighted by atomic mass is 9.87. The Bertz CT molecular complexity index is 1120. The van der Waals surface area contributed by atoms with Crippen molar-refractivity contribution in [2.24, 2.45) is 0 Å². The van der Waals surface area contributed by atoms with Crippen LogP contribution in [0.5, 0.6) is 5.75 Å². The third kappa shape index (κ3) is 7.45. The summed E-state index contributed by atoms with van der Waals surface area (Å²) in [7, 11) is -0.707. The van der Waals surface area contributed by atoms with Crippen LogP contribution in [-0.4, -0.2) is 58.1 Å². The maximum absolute atomic E-state index is 13.6. The molecule has 1 unspecified atom stereocenters. The van der Waals surface area contributed by atoms with Crippen molar-refractivity contribution in [3.8, 4) is 5.75 Å². The average molecular weight is 504 g/mol. The minimum atomic E-state index is -3.77. The van der Waals surface area contributed by atoms with Gasteiger partial charge in [0.2, 0.25) is 21.8 Å². The number of nitrogens with one attached hydrogen (secondary N) is 1. The molecule has 35 heavy (non-hydrogen) atoms. The monoisotopic (exact) mass is 503 g/mol. The molecule has 0 fully saturated rings. The molecule has 192 valence electrons. The molecule has 2 aromatic rings. The van der Waals surface area contributed by atoms with E-state index in [0.29, 0.717) is 17.9 Å². The standard InChI is InChI=1S/C26H37N3O5S/c1-8-23(25(31)27-5)28(17-19-10-9-11-22(16-19)34-6)24(30)18-29(35(7,32)33)21-14-12-20(13-15-21)26(2,3)4/h9-16,23H,8,17-18H2,1-7H3,(H,27,31). The molecule has 2 aromatic carbocycles. The summed E-state index contributed by atoms with van der Waals surface area (Å²) in [6.45, 7) is 7.72. The molecule has 0 bridgehead atoms. The number of likely N-dealkylation sites (N-methyl/N-ethyl adjacent to an activating group) is 1. The number of anilines is 1. The van der Waals surface area contributed by atoms with Crippen LogP contribution in [0.2, 0.25) is 0 Å². The molecular formula is C26H37N3O5S. The molecule has 0 spiro atoms. The molecule has 0 aliphatic rings. The Labute approximate surface area is 209 Å². The molecule has 0 aliphatic heterocycles. The summed E-state index contributed by atoms with van der Waals surface area (Å²) in [6, 6.07) is 13.6. The van der Waals surface area contributed by atoms with E-state index in [0.717, 1.165) is 21.7 Å². The molecule has 2 rings (SSSR count). The normalized spacial score (nSPS) is 12.5. The predicted octanol–water partition coefficient (Wildman–Crippen LogP) is 3.31. The molecule has 1 atom stereocenters. The van der Waals surface area contributed by atoms with Crippen LogP contribution in [-0.2, 0) is 31.6 Å². The second-order valence-corrected chi connectivity index (χ2v) is 11.4. The van der Waals surface area contributed by atoms with Crippen molar-refractivity contribution in [1.82, 2.24) is 10.2 Å². The van der Waals surface area contributed by atoms with Crippen LogP contribution >= 0.6 is 0 Å². The lowest BCUT2D eigenvalue weighted by Crippen LogP contribution is -2.51. The molecule has 0 heterocycles. The number of sulfonamides is 1. The molecule has 0 aromatic heterocycles. The summed E-state index contributed by atoms with van der Waals surface area (Å²) >= 11 is 0. The van der Waals surface area contributed by atoms with Crippen LogP contribution in [0.3, 0.4) is 0 Å². The highest BCUT2D eigenvalue weighted by Crippen LogP contribution is 2.26. The Morgan fingerprint density at radius 2 is 1.71 bits per heavy atom. The smallest absolute Gasteiger partial charge is 0.244 e. The fraction of sp³-hybridized carbons (Fsp3) is 0.462. The highest BCUT2D eigenvalue weighted by atomic mass is 32.2. The third-order valence-electron chi connectivity index (χ3n) is 5.82. The van der Waals surface area contributed by atoms with E-state index in [4.69, 9.17) is 4.74 Å². The van der Waals surface area contributed by atoms with Gasteiger partial charge in [-0.1, -0.05) is 52.0 Å². The molecule has 0 saturated heterocycles. The van der Waals surface area contributed by atoms with Gasteiger partial charge in [0.05, 0.1) is 19.1 Å². The fourth-order valence-corrected chi connectivity index (χ4v) is 4.64. The maximum atomic E-state index is 13.6. The molecule has 8 nitrogen and oxygen atoms in total. The zero-order valence-corrected chi connectivity index (χ0v) is 22.5. The van der Waals surface area contributed by atoms with Crippen LogP contribution in [0, 0.1) is 0 Å². The Morgan fingerprint density at radius 3 is 2.20 bits per heavy atom. The quantitative estimate of drug-likeness (QED) is 0.537. The van der Waals surface area contributed by atoms with Gasteiger partial charge >= 0.3 is 0 Å². The number of benzene rings is 2. The number of hydrogen-bond donors (Lipinski definition) is 1. The third-order valence-corrected chi connectivity index (χ3v) is 6.96. The summed E-state index contributed by atoms with van der Waals surface area (Å²) < 4.78 is 31.8. The second kappa shape index (κ2) is 11.6. The number of carbonyl (C=O) groups is 2. The lowest BCUT2D eigenvalue weighted by molar-refractivity contribution is -0.140. The Morgan fingerprint density at radius 1 is 1.09 bits per heavy atom. The first kappa shape index (κ1) is 28.2. The fourth-order valence-electron chi connectivity index (χ4n) is 3.80. The van der Waals surface area contributed by atoms with Gasteiger partial charge in [-0.05, 0) is 47.2 Å². The van der Waals surface area contributed by atoms with E-state index >= 15 is 0 Å². The van der Waals surface area contributed by atoms with Gasteiger partial charge in [0.1, 0.15) is 18.3 Å². The minimum absolute atomic E-state index is 0.0975. The molecular weight excluding hydrogens is 466 g/mol. The molecule has 0 radical (unpaired) electrons. The average Bonchev–Trinajstić information content (AvgIpc) is 2.80. The topological polar surface area (TPSA) is 96.0 Å². The first-order valence-corrected chi connectivity index (χ1v) is 13.4. The number of carbonyl (C=O) groups excluding carboxylic acids is 2. The molecule has 9 heteroatoms. The van der Waals surface area contributed by atoms with E-state index < -0.39 is 28.5 Å². The molecule has 1 N–H and O–H groups in total. The van der Waals surface area contributed by atoms with Crippen LogP contribution in [0.1, 0.15) is 45.2 Å². The predicted molar refractivity (Wildman–Crippen MR) is 139 cm³/mol. The van der Waals surface area contributed by atoms with Gasteiger partial charge in [0, 0.05) is 13.6 Å². The van der Waals surface area contributed by atoms with Crippen LogP contribution in [0.4, 0.5) is 5.69 Å². The van der Waals surface area contributed by atoms with E-state index in [-0.39, 0.29) is 17.9 Å². The van der Waals surface area contributed by atoms with Crippen LogP contribution in [0.25, 0.3) is 0 Å². The first-order chi connectivity index (χ1) is 16.3. The Balaban J connectivity index is 2.44. The lowest BCUT2D eigenvalue weighted by Gasteiger charge is -2.32. The number of nitrogens with zero attached hydrogens (tertiary/aromatic N) is 2. The van der Waals surface area contributed by atoms with E-state index in [1.165, 1.54) is 11.9 Å². The molecule has 0 saturated carbocycles. The number of rotatable bonds is 10. The van der Waals surface area contributed by atoms with Crippen molar-refractivity contribution in [3.05, 3.63) is 59.7 Å². The molecule has 0 aliphatic carbocycles. The van der Waals surface area contributed by atoms with Crippen LogP contribution < -0.4 is 14.4 Å². The van der Waals surface area contributed by atoms with Crippen molar-refractivity contribution >= 4 is 27.5 Å². The number of ether oxygens (including phenoxy) is 1. The van der Waals surface area contributed by atoms with Crippen molar-refractivity contribution in [2.45, 2.75) is 52.1 Å². The van der Waals surface area contributed by atoms with E-state index in [2.05, 4.69) is 26.1 Å². The van der Waals surface area contributed by atoms with Gasteiger partial charge in [0.25, 0.3) is 0 Å². The minimum Gasteiger partial charge on any atom is -0.497 e. The summed E-state index contributed by atoms with van der Waals surface area (Å²) in [5.41, 5.74) is 2.11.